The second-order valence-corrected chi connectivity index (χ2v) is 7.46. The Labute approximate surface area is 178 Å². The molecule has 158 valence electrons. The normalized spacial score (nSPS) is 23.3. The quantitative estimate of drug-likeness (QED) is 0.394. The van der Waals surface area contributed by atoms with E-state index in [1.165, 1.54) is 6.33 Å². The number of nitrogens with zero attached hydrogens (tertiary/aromatic N) is 3. The predicted octanol–water partition coefficient (Wildman–Crippen LogP) is 2.45. The Morgan fingerprint density at radius 1 is 0.935 bits per heavy atom. The number of benzene rings is 2. The molecule has 0 amide bonds. The molecule has 1 aliphatic heterocycles. The third-order valence-electron chi connectivity index (χ3n) is 5.52. The monoisotopic (exact) mass is 418 g/mol. The van der Waals surface area contributed by atoms with E-state index in [0.717, 1.165) is 22.2 Å². The summed E-state index contributed by atoms with van der Waals surface area (Å²) in [7, 11) is 0. The first-order valence-corrected chi connectivity index (χ1v) is 10.0. The molecule has 8 heteroatoms. The van der Waals surface area contributed by atoms with Crippen LogP contribution in [0.3, 0.4) is 0 Å². The van der Waals surface area contributed by atoms with Gasteiger partial charge >= 0.3 is 0 Å². The summed E-state index contributed by atoms with van der Waals surface area (Å²) in [4.78, 5) is 8.93. The minimum Gasteiger partial charge on any atom is -0.394 e. The van der Waals surface area contributed by atoms with E-state index in [4.69, 9.17) is 4.74 Å². The number of para-hydroxylation sites is 1. The zero-order valence-electron chi connectivity index (χ0n) is 16.5. The molecule has 4 N–H and O–H groups in total. The van der Waals surface area contributed by atoms with Crippen molar-refractivity contribution in [1.29, 1.82) is 0 Å². The fourth-order valence-corrected chi connectivity index (χ4v) is 3.98. The van der Waals surface area contributed by atoms with Crippen LogP contribution in [0, 0.1) is 0 Å². The van der Waals surface area contributed by atoms with Crippen LogP contribution in [0.1, 0.15) is 6.23 Å². The van der Waals surface area contributed by atoms with Crippen LogP contribution in [0.15, 0.2) is 73.2 Å². The molecule has 0 saturated carbocycles. The largest absolute Gasteiger partial charge is 0.394 e. The number of hydrogen-bond donors (Lipinski definition) is 4. The molecule has 2 aromatic carbocycles. The first-order chi connectivity index (χ1) is 15.2. The Morgan fingerprint density at radius 2 is 1.65 bits per heavy atom. The Kier molecular flexibility index (Phi) is 5.13. The summed E-state index contributed by atoms with van der Waals surface area (Å²) in [5, 5.41) is 34.4. The Balaban J connectivity index is 1.69. The number of nitrogens with one attached hydrogen (secondary N) is 1. The predicted molar refractivity (Wildman–Crippen MR) is 116 cm³/mol. The number of aliphatic hydroxyl groups is 3. The summed E-state index contributed by atoms with van der Waals surface area (Å²) in [5.41, 5.74) is 3.22. The van der Waals surface area contributed by atoms with E-state index in [-0.39, 0.29) is 0 Å². The first-order valence-electron chi connectivity index (χ1n) is 10.0. The van der Waals surface area contributed by atoms with Gasteiger partial charge in [0.25, 0.3) is 0 Å². The number of ether oxygens (including phenoxy) is 1. The van der Waals surface area contributed by atoms with Crippen molar-refractivity contribution in [2.45, 2.75) is 24.5 Å². The molecule has 0 radical (unpaired) electrons. The lowest BCUT2D eigenvalue weighted by Gasteiger charge is -2.17. The highest BCUT2D eigenvalue weighted by atomic mass is 16.6. The van der Waals surface area contributed by atoms with Crippen molar-refractivity contribution in [3.8, 4) is 11.1 Å². The van der Waals surface area contributed by atoms with Crippen LogP contribution in [0.5, 0.6) is 0 Å². The minimum atomic E-state index is -1.21. The van der Waals surface area contributed by atoms with Crippen LogP contribution < -0.4 is 5.32 Å². The topological polar surface area (TPSA) is 113 Å². The molecule has 0 unspecified atom stereocenters. The van der Waals surface area contributed by atoms with Gasteiger partial charge in [0.15, 0.2) is 6.23 Å². The van der Waals surface area contributed by atoms with Gasteiger partial charge in [0, 0.05) is 17.4 Å². The summed E-state index contributed by atoms with van der Waals surface area (Å²) in [6.45, 7) is -0.394. The molecule has 8 nitrogen and oxygen atoms in total. The van der Waals surface area contributed by atoms with E-state index in [1.54, 1.807) is 4.57 Å². The lowest BCUT2D eigenvalue weighted by atomic mass is 10.1. The molecular weight excluding hydrogens is 396 g/mol. The first kappa shape index (κ1) is 19.7. The van der Waals surface area contributed by atoms with Crippen LogP contribution in [0.25, 0.3) is 22.2 Å². The number of aromatic nitrogens is 3. The van der Waals surface area contributed by atoms with Crippen molar-refractivity contribution in [2.75, 3.05) is 11.9 Å². The van der Waals surface area contributed by atoms with E-state index >= 15 is 0 Å². The van der Waals surface area contributed by atoms with E-state index in [9.17, 15) is 15.3 Å². The van der Waals surface area contributed by atoms with Crippen LogP contribution in [0.4, 0.5) is 11.5 Å². The maximum absolute atomic E-state index is 10.6. The van der Waals surface area contributed by atoms with Crippen molar-refractivity contribution in [1.82, 2.24) is 14.5 Å². The van der Waals surface area contributed by atoms with E-state index in [1.807, 2.05) is 66.9 Å². The van der Waals surface area contributed by atoms with Gasteiger partial charge in [-0.15, -0.1) is 0 Å². The zero-order chi connectivity index (χ0) is 21.4. The van der Waals surface area contributed by atoms with Gasteiger partial charge in [-0.2, -0.15) is 0 Å². The molecule has 0 aliphatic carbocycles. The van der Waals surface area contributed by atoms with Crippen molar-refractivity contribution < 1.29 is 20.1 Å². The van der Waals surface area contributed by atoms with E-state index < -0.39 is 31.1 Å². The third kappa shape index (κ3) is 3.45. The molecule has 3 heterocycles. The van der Waals surface area contributed by atoms with Crippen LogP contribution in [-0.4, -0.2) is 54.8 Å². The average Bonchev–Trinajstić information content (AvgIpc) is 3.33. The highest BCUT2D eigenvalue weighted by Crippen LogP contribution is 2.39. The average molecular weight is 418 g/mol. The number of hydrogen-bond acceptors (Lipinski definition) is 7. The molecular formula is C23H22N4O4. The maximum atomic E-state index is 10.6. The fourth-order valence-electron chi connectivity index (χ4n) is 3.98. The smallest absolute Gasteiger partial charge is 0.164 e. The molecule has 5 rings (SSSR count). The van der Waals surface area contributed by atoms with Gasteiger partial charge in [0.1, 0.15) is 36.1 Å². The van der Waals surface area contributed by atoms with Crippen LogP contribution in [-0.2, 0) is 4.74 Å². The fraction of sp³-hybridized carbons (Fsp3) is 0.217. The lowest BCUT2D eigenvalue weighted by molar-refractivity contribution is -0.0508. The summed E-state index contributed by atoms with van der Waals surface area (Å²) < 4.78 is 7.46. The minimum absolute atomic E-state index is 0.394. The Morgan fingerprint density at radius 3 is 2.32 bits per heavy atom. The zero-order valence-corrected chi connectivity index (χ0v) is 16.5. The highest BCUT2D eigenvalue weighted by Gasteiger charge is 2.44. The van der Waals surface area contributed by atoms with Gasteiger partial charge in [-0.05, 0) is 17.7 Å². The molecule has 0 spiro atoms. The Hall–Kier alpha value is -3.30. The maximum Gasteiger partial charge on any atom is 0.164 e. The SMILES string of the molecule is OC[C@H]1O[C@@H](n2cc(-c3ccccc3)c3c(Nc4ccccc4)ncnc32)[C@@H](O)[C@H]1O. The van der Waals surface area contributed by atoms with Gasteiger partial charge in [0.05, 0.1) is 12.0 Å². The van der Waals surface area contributed by atoms with Crippen LogP contribution >= 0.6 is 0 Å². The van der Waals surface area contributed by atoms with Gasteiger partial charge in [-0.3, -0.25) is 0 Å². The standard InChI is InChI=1S/C23H22N4O4/c28-12-17-19(29)20(30)23(31-17)27-11-16(14-7-3-1-4-8-14)18-21(24-13-25-22(18)27)26-15-9-5-2-6-10-15/h1-11,13,17,19-20,23,28-30H,12H2,(H,24,25,26)/t17-,19+,20+,23-/m1/s1. The van der Waals surface area contributed by atoms with Gasteiger partial charge in [-0.25, -0.2) is 9.97 Å². The molecule has 1 fully saturated rings. The molecule has 2 aromatic heterocycles. The third-order valence-corrected chi connectivity index (χ3v) is 5.52. The summed E-state index contributed by atoms with van der Waals surface area (Å²) >= 11 is 0. The molecule has 4 atom stereocenters. The van der Waals surface area contributed by atoms with Crippen molar-refractivity contribution in [3.05, 3.63) is 73.2 Å². The van der Waals surface area contributed by atoms with Gasteiger partial charge in [-0.1, -0.05) is 48.5 Å². The van der Waals surface area contributed by atoms with Gasteiger partial charge < -0.3 is 29.9 Å². The Bertz CT molecular complexity index is 1180. The van der Waals surface area contributed by atoms with E-state index in [0.29, 0.717) is 11.5 Å². The summed E-state index contributed by atoms with van der Waals surface area (Å²) in [5.74, 6) is 0.612. The molecule has 0 bridgehead atoms. The van der Waals surface area contributed by atoms with Crippen molar-refractivity contribution in [2.24, 2.45) is 0 Å². The molecule has 1 saturated heterocycles. The van der Waals surface area contributed by atoms with Gasteiger partial charge in [0.2, 0.25) is 0 Å². The second-order valence-electron chi connectivity index (χ2n) is 7.46. The summed E-state index contributed by atoms with van der Waals surface area (Å²) in [6.07, 6.45) is -0.896. The van der Waals surface area contributed by atoms with Crippen molar-refractivity contribution >= 4 is 22.5 Å². The highest BCUT2D eigenvalue weighted by molar-refractivity contribution is 6.02. The molecule has 4 aromatic rings. The second kappa shape index (κ2) is 8.09. The number of anilines is 2. The van der Waals surface area contributed by atoms with Crippen LogP contribution in [0.2, 0.25) is 0 Å². The number of rotatable bonds is 5. The number of aliphatic hydroxyl groups excluding tert-OH is 3. The number of fused-ring (bicyclic) bond motifs is 1. The summed E-state index contributed by atoms with van der Waals surface area (Å²) in [6, 6.07) is 19.5. The lowest BCUT2D eigenvalue weighted by Crippen LogP contribution is -2.33. The molecule has 31 heavy (non-hydrogen) atoms. The van der Waals surface area contributed by atoms with Crippen molar-refractivity contribution in [3.63, 3.8) is 0 Å². The molecule has 1 aliphatic rings. The van der Waals surface area contributed by atoms with E-state index in [2.05, 4.69) is 15.3 Å².